The fourth-order valence-electron chi connectivity index (χ4n) is 2.10. The molecule has 0 saturated carbocycles. The van der Waals surface area contributed by atoms with Crippen molar-refractivity contribution in [3.8, 4) is 5.75 Å². The number of methoxy groups -OCH3 is 1. The highest BCUT2D eigenvalue weighted by Gasteiger charge is 2.17. The van der Waals surface area contributed by atoms with Gasteiger partial charge in [-0.15, -0.1) is 0 Å². The first-order valence-corrected chi connectivity index (χ1v) is 8.78. The first-order valence-electron chi connectivity index (χ1n) is 7.29. The van der Waals surface area contributed by atoms with Crippen LogP contribution in [-0.4, -0.2) is 29.4 Å². The zero-order chi connectivity index (χ0) is 15.0. The van der Waals surface area contributed by atoms with Gasteiger partial charge in [-0.3, -0.25) is 4.21 Å². The van der Waals surface area contributed by atoms with Crippen LogP contribution in [0.3, 0.4) is 0 Å². The van der Waals surface area contributed by atoms with Gasteiger partial charge in [-0.05, 0) is 24.9 Å². The van der Waals surface area contributed by atoms with E-state index in [0.717, 1.165) is 30.0 Å². The van der Waals surface area contributed by atoms with E-state index in [-0.39, 0.29) is 6.04 Å². The molecule has 1 aromatic carbocycles. The Kier molecular flexibility index (Phi) is 7.85. The fourth-order valence-corrected chi connectivity index (χ4v) is 3.67. The Morgan fingerprint density at radius 3 is 2.60 bits per heavy atom. The van der Waals surface area contributed by atoms with Crippen molar-refractivity contribution >= 4 is 10.8 Å². The van der Waals surface area contributed by atoms with Gasteiger partial charge in [-0.2, -0.15) is 0 Å². The first-order chi connectivity index (χ1) is 9.58. The summed E-state index contributed by atoms with van der Waals surface area (Å²) in [5, 5.41) is 3.42. The lowest BCUT2D eigenvalue weighted by atomic mass is 10.1. The largest absolute Gasteiger partial charge is 0.496 e. The molecule has 0 aliphatic heterocycles. The molecule has 3 nitrogen and oxygen atoms in total. The van der Waals surface area contributed by atoms with Crippen molar-refractivity contribution in [2.24, 2.45) is 5.92 Å². The summed E-state index contributed by atoms with van der Waals surface area (Å²) in [5.41, 5.74) is 1.09. The second-order valence-corrected chi connectivity index (χ2v) is 6.97. The SMILES string of the molecule is CCNC(CS(=O)CCC(C)C)c1ccccc1OC. The molecule has 0 fully saturated rings. The molecule has 0 aliphatic rings. The van der Waals surface area contributed by atoms with E-state index in [1.54, 1.807) is 7.11 Å². The standard InChI is InChI=1S/C16H27NO2S/c1-5-17-15(12-20(18)11-10-13(2)3)14-8-6-7-9-16(14)19-4/h6-9,13,15,17H,5,10-12H2,1-4H3. The Balaban J connectivity index is 2.75. The van der Waals surface area contributed by atoms with Crippen molar-refractivity contribution < 1.29 is 8.95 Å². The van der Waals surface area contributed by atoms with Gasteiger partial charge >= 0.3 is 0 Å². The smallest absolute Gasteiger partial charge is 0.123 e. The molecule has 0 aromatic heterocycles. The molecule has 0 amide bonds. The maximum atomic E-state index is 12.2. The molecular weight excluding hydrogens is 270 g/mol. The Labute approximate surface area is 125 Å². The molecule has 0 spiro atoms. The molecule has 0 radical (unpaired) electrons. The van der Waals surface area contributed by atoms with Gasteiger partial charge in [0.25, 0.3) is 0 Å². The van der Waals surface area contributed by atoms with Crippen molar-refractivity contribution in [3.05, 3.63) is 29.8 Å². The minimum absolute atomic E-state index is 0.0872. The third-order valence-electron chi connectivity index (χ3n) is 3.24. The summed E-state index contributed by atoms with van der Waals surface area (Å²) in [7, 11) is 0.877. The van der Waals surface area contributed by atoms with Crippen molar-refractivity contribution in [3.63, 3.8) is 0 Å². The van der Waals surface area contributed by atoms with Crippen LogP contribution in [0.5, 0.6) is 5.75 Å². The van der Waals surface area contributed by atoms with Gasteiger partial charge in [0.15, 0.2) is 0 Å². The maximum absolute atomic E-state index is 12.2. The quantitative estimate of drug-likeness (QED) is 0.761. The zero-order valence-electron chi connectivity index (χ0n) is 13.0. The maximum Gasteiger partial charge on any atom is 0.123 e. The number of hydrogen-bond donors (Lipinski definition) is 1. The average Bonchev–Trinajstić information content (AvgIpc) is 2.44. The molecule has 4 heteroatoms. The van der Waals surface area contributed by atoms with Gasteiger partial charge in [0.05, 0.1) is 7.11 Å². The highest BCUT2D eigenvalue weighted by atomic mass is 32.2. The predicted molar refractivity (Wildman–Crippen MR) is 86.7 cm³/mol. The molecule has 20 heavy (non-hydrogen) atoms. The Bertz CT molecular complexity index is 421. The van der Waals surface area contributed by atoms with Gasteiger partial charge < -0.3 is 10.1 Å². The molecule has 2 unspecified atom stereocenters. The van der Waals surface area contributed by atoms with Gasteiger partial charge in [0.2, 0.25) is 0 Å². The van der Waals surface area contributed by atoms with Gasteiger partial charge in [0, 0.05) is 33.9 Å². The molecule has 1 N–H and O–H groups in total. The minimum atomic E-state index is -0.801. The average molecular weight is 297 g/mol. The molecule has 0 aliphatic carbocycles. The van der Waals surface area contributed by atoms with Crippen LogP contribution in [0, 0.1) is 5.92 Å². The third kappa shape index (κ3) is 5.63. The van der Waals surface area contributed by atoms with E-state index in [4.69, 9.17) is 4.74 Å². The number of nitrogens with one attached hydrogen (secondary N) is 1. The highest BCUT2D eigenvalue weighted by Crippen LogP contribution is 2.25. The monoisotopic (exact) mass is 297 g/mol. The van der Waals surface area contributed by atoms with E-state index in [9.17, 15) is 4.21 Å². The van der Waals surface area contributed by atoms with Crippen molar-refractivity contribution in [1.82, 2.24) is 5.32 Å². The summed E-state index contributed by atoms with van der Waals surface area (Å²) in [5.74, 6) is 2.87. The number of hydrogen-bond acceptors (Lipinski definition) is 3. The van der Waals surface area contributed by atoms with Crippen LogP contribution in [-0.2, 0) is 10.8 Å². The molecule has 2 atom stereocenters. The minimum Gasteiger partial charge on any atom is -0.496 e. The van der Waals surface area contributed by atoms with E-state index in [1.165, 1.54) is 0 Å². The van der Waals surface area contributed by atoms with Gasteiger partial charge in [0.1, 0.15) is 5.75 Å². The molecule has 114 valence electrons. The number of benzene rings is 1. The number of ether oxygens (including phenoxy) is 1. The lowest BCUT2D eigenvalue weighted by molar-refractivity contribution is 0.402. The summed E-state index contributed by atoms with van der Waals surface area (Å²) < 4.78 is 17.6. The Hall–Kier alpha value is -0.870. The summed E-state index contributed by atoms with van der Waals surface area (Å²) in [6.07, 6.45) is 1.01. The second kappa shape index (κ2) is 9.14. The van der Waals surface area contributed by atoms with Crippen LogP contribution in [0.4, 0.5) is 0 Å². The number of rotatable bonds is 9. The van der Waals surface area contributed by atoms with E-state index < -0.39 is 10.8 Å². The van der Waals surface area contributed by atoms with Crippen LogP contribution < -0.4 is 10.1 Å². The highest BCUT2D eigenvalue weighted by molar-refractivity contribution is 7.85. The Morgan fingerprint density at radius 1 is 1.30 bits per heavy atom. The van der Waals surface area contributed by atoms with Crippen molar-refractivity contribution in [2.45, 2.75) is 33.2 Å². The topological polar surface area (TPSA) is 38.3 Å². The summed E-state index contributed by atoms with van der Waals surface area (Å²) in [4.78, 5) is 0. The lowest BCUT2D eigenvalue weighted by Crippen LogP contribution is -2.27. The van der Waals surface area contributed by atoms with E-state index in [0.29, 0.717) is 11.7 Å². The van der Waals surface area contributed by atoms with Crippen molar-refractivity contribution in [1.29, 1.82) is 0 Å². The summed E-state index contributed by atoms with van der Waals surface area (Å²) in [6, 6.07) is 8.05. The van der Waals surface area contributed by atoms with Crippen LogP contribution in [0.2, 0.25) is 0 Å². The molecule has 0 saturated heterocycles. The third-order valence-corrected chi connectivity index (χ3v) is 4.64. The normalized spacial score (nSPS) is 14.2. The second-order valence-electron chi connectivity index (χ2n) is 5.35. The zero-order valence-corrected chi connectivity index (χ0v) is 13.8. The molecular formula is C16H27NO2S. The molecule has 0 bridgehead atoms. The van der Waals surface area contributed by atoms with E-state index in [2.05, 4.69) is 26.1 Å². The molecule has 1 rings (SSSR count). The van der Waals surface area contributed by atoms with Crippen LogP contribution in [0.25, 0.3) is 0 Å². The van der Waals surface area contributed by atoms with Crippen LogP contribution in [0.1, 0.15) is 38.8 Å². The summed E-state index contributed by atoms with van der Waals surface area (Å²) >= 11 is 0. The van der Waals surface area contributed by atoms with Crippen molar-refractivity contribution in [2.75, 3.05) is 25.2 Å². The molecule has 1 aromatic rings. The van der Waals surface area contributed by atoms with Crippen LogP contribution >= 0.6 is 0 Å². The Morgan fingerprint density at radius 2 is 2.00 bits per heavy atom. The van der Waals surface area contributed by atoms with E-state index >= 15 is 0 Å². The van der Waals surface area contributed by atoms with E-state index in [1.807, 2.05) is 24.3 Å². The molecule has 0 heterocycles. The predicted octanol–water partition coefficient (Wildman–Crippen LogP) is 3.14. The van der Waals surface area contributed by atoms with Gasteiger partial charge in [-0.1, -0.05) is 39.0 Å². The first kappa shape index (κ1) is 17.2. The fraction of sp³-hybridized carbons (Fsp3) is 0.625. The number of para-hydroxylation sites is 1. The lowest BCUT2D eigenvalue weighted by Gasteiger charge is -2.20. The van der Waals surface area contributed by atoms with Gasteiger partial charge in [-0.25, -0.2) is 0 Å². The summed E-state index contributed by atoms with van der Waals surface area (Å²) in [6.45, 7) is 7.25. The van der Waals surface area contributed by atoms with Crippen LogP contribution in [0.15, 0.2) is 24.3 Å².